The highest BCUT2D eigenvalue weighted by atomic mass is 32.2. The summed E-state index contributed by atoms with van der Waals surface area (Å²) in [6.45, 7) is 0.752. The van der Waals surface area contributed by atoms with Gasteiger partial charge in [0.15, 0.2) is 5.13 Å². The second-order valence-corrected chi connectivity index (χ2v) is 8.00. The smallest absolute Gasteiger partial charge is 0.265 e. The first kappa shape index (κ1) is 15.0. The summed E-state index contributed by atoms with van der Waals surface area (Å²) in [7, 11) is 0. The molecule has 1 amide bonds. The molecule has 2 aliphatic rings. The monoisotopic (exact) mass is 326 g/mol. The van der Waals surface area contributed by atoms with Crippen molar-refractivity contribution in [2.75, 3.05) is 29.1 Å². The molecule has 4 N–H and O–H groups in total. The Bertz CT molecular complexity index is 495. The van der Waals surface area contributed by atoms with E-state index in [4.69, 9.17) is 5.73 Å². The Hall–Kier alpha value is -0.950. The molecule has 5 nitrogen and oxygen atoms in total. The Kier molecular flexibility index (Phi) is 4.90. The quantitative estimate of drug-likeness (QED) is 0.775. The second-order valence-electron chi connectivity index (χ2n) is 5.77. The molecule has 0 radical (unpaired) electrons. The van der Waals surface area contributed by atoms with Gasteiger partial charge in [0.05, 0.1) is 0 Å². The number of amides is 1. The zero-order chi connectivity index (χ0) is 14.7. The van der Waals surface area contributed by atoms with Gasteiger partial charge in [0.25, 0.3) is 5.91 Å². The number of thioether (sulfide) groups is 1. The van der Waals surface area contributed by atoms with Gasteiger partial charge in [-0.05, 0) is 49.5 Å². The van der Waals surface area contributed by atoms with Gasteiger partial charge in [-0.3, -0.25) is 4.79 Å². The van der Waals surface area contributed by atoms with E-state index in [1.165, 1.54) is 54.9 Å². The van der Waals surface area contributed by atoms with E-state index >= 15 is 0 Å². The number of carbonyl (C=O) groups excluding carboxylic acids is 1. The van der Waals surface area contributed by atoms with Crippen LogP contribution in [-0.4, -0.2) is 35.0 Å². The number of anilines is 2. The normalized spacial score (nSPS) is 20.0. The number of hydrogen-bond donors (Lipinski definition) is 3. The topological polar surface area (TPSA) is 80.0 Å². The molecule has 1 aromatic rings. The van der Waals surface area contributed by atoms with Crippen LogP contribution >= 0.6 is 23.1 Å². The molecule has 3 rings (SSSR count). The van der Waals surface area contributed by atoms with Crippen molar-refractivity contribution in [1.29, 1.82) is 0 Å². The minimum Gasteiger partial charge on any atom is -0.382 e. The van der Waals surface area contributed by atoms with Crippen LogP contribution in [0.5, 0.6) is 0 Å². The highest BCUT2D eigenvalue weighted by Crippen LogP contribution is 2.29. The van der Waals surface area contributed by atoms with E-state index in [1.54, 1.807) is 0 Å². The fraction of sp³-hybridized carbons (Fsp3) is 0.714. The zero-order valence-electron chi connectivity index (χ0n) is 12.1. The molecule has 7 heteroatoms. The molecule has 1 saturated heterocycles. The summed E-state index contributed by atoms with van der Waals surface area (Å²) in [6.07, 6.45) is 6.02. The fourth-order valence-corrected chi connectivity index (χ4v) is 4.63. The zero-order valence-corrected chi connectivity index (χ0v) is 13.7. The third kappa shape index (κ3) is 3.83. The maximum Gasteiger partial charge on any atom is 0.265 e. The lowest BCUT2D eigenvalue weighted by Crippen LogP contribution is -2.30. The SMILES string of the molecule is Nc1nc(NC2CCC2)sc1C(=O)NCC1CCSCC1. The number of rotatable bonds is 5. The Morgan fingerprint density at radius 3 is 2.71 bits per heavy atom. The van der Waals surface area contributed by atoms with Gasteiger partial charge in [-0.15, -0.1) is 0 Å². The van der Waals surface area contributed by atoms with Gasteiger partial charge >= 0.3 is 0 Å². The van der Waals surface area contributed by atoms with E-state index in [9.17, 15) is 4.79 Å². The maximum absolute atomic E-state index is 12.2. The van der Waals surface area contributed by atoms with E-state index in [1.807, 2.05) is 11.8 Å². The van der Waals surface area contributed by atoms with E-state index in [-0.39, 0.29) is 5.91 Å². The predicted molar refractivity (Wildman–Crippen MR) is 90.2 cm³/mol. The summed E-state index contributed by atoms with van der Waals surface area (Å²) < 4.78 is 0. The average Bonchev–Trinajstić information content (AvgIpc) is 2.82. The Labute approximate surface area is 133 Å². The van der Waals surface area contributed by atoms with Crippen LogP contribution in [0, 0.1) is 5.92 Å². The first-order chi connectivity index (χ1) is 10.2. The predicted octanol–water partition coefficient (Wildman–Crippen LogP) is 2.56. The number of carbonyl (C=O) groups is 1. The molecule has 1 aromatic heterocycles. The number of nitrogens with one attached hydrogen (secondary N) is 2. The molecule has 1 saturated carbocycles. The fourth-order valence-electron chi connectivity index (χ4n) is 2.55. The second kappa shape index (κ2) is 6.87. The molecule has 2 heterocycles. The van der Waals surface area contributed by atoms with E-state index < -0.39 is 0 Å². The highest BCUT2D eigenvalue weighted by Gasteiger charge is 2.22. The minimum atomic E-state index is -0.0788. The van der Waals surface area contributed by atoms with Crippen LogP contribution in [-0.2, 0) is 0 Å². The minimum absolute atomic E-state index is 0.0788. The Morgan fingerprint density at radius 2 is 2.05 bits per heavy atom. The summed E-state index contributed by atoms with van der Waals surface area (Å²) in [5.41, 5.74) is 5.88. The first-order valence-electron chi connectivity index (χ1n) is 7.61. The molecule has 1 aliphatic carbocycles. The third-order valence-corrected chi connectivity index (χ3v) is 6.23. The lowest BCUT2D eigenvalue weighted by Gasteiger charge is -2.25. The molecule has 0 aromatic carbocycles. The van der Waals surface area contributed by atoms with Crippen molar-refractivity contribution in [1.82, 2.24) is 10.3 Å². The number of thiazole rings is 1. The van der Waals surface area contributed by atoms with Crippen molar-refractivity contribution in [3.8, 4) is 0 Å². The van der Waals surface area contributed by atoms with Crippen molar-refractivity contribution in [2.45, 2.75) is 38.1 Å². The van der Waals surface area contributed by atoms with E-state index in [0.29, 0.717) is 22.7 Å². The van der Waals surface area contributed by atoms with Crippen molar-refractivity contribution >= 4 is 40.0 Å². The molecule has 1 aliphatic heterocycles. The average molecular weight is 326 g/mol. The van der Waals surface area contributed by atoms with Gasteiger partial charge in [0.2, 0.25) is 0 Å². The molecule has 21 heavy (non-hydrogen) atoms. The summed E-state index contributed by atoms with van der Waals surface area (Å²) >= 11 is 3.37. The van der Waals surface area contributed by atoms with Gasteiger partial charge in [0, 0.05) is 12.6 Å². The van der Waals surface area contributed by atoms with Crippen LogP contribution < -0.4 is 16.4 Å². The van der Waals surface area contributed by atoms with E-state index in [2.05, 4.69) is 15.6 Å². The summed E-state index contributed by atoms with van der Waals surface area (Å²) in [5.74, 6) is 3.29. The van der Waals surface area contributed by atoms with Gasteiger partial charge in [0.1, 0.15) is 10.7 Å². The molecule has 116 valence electrons. The van der Waals surface area contributed by atoms with Gasteiger partial charge in [-0.25, -0.2) is 4.98 Å². The first-order valence-corrected chi connectivity index (χ1v) is 9.58. The summed E-state index contributed by atoms with van der Waals surface area (Å²) in [5, 5.41) is 7.14. The molecule has 2 fully saturated rings. The molecule has 0 bridgehead atoms. The number of nitrogen functional groups attached to an aromatic ring is 1. The van der Waals surface area contributed by atoms with Crippen molar-refractivity contribution in [3.05, 3.63) is 4.88 Å². The molecular weight excluding hydrogens is 304 g/mol. The molecular formula is C14H22N4OS2. The largest absolute Gasteiger partial charge is 0.382 e. The van der Waals surface area contributed by atoms with Gasteiger partial charge < -0.3 is 16.4 Å². The van der Waals surface area contributed by atoms with Crippen molar-refractivity contribution < 1.29 is 4.79 Å². The number of hydrogen-bond acceptors (Lipinski definition) is 6. The Morgan fingerprint density at radius 1 is 1.29 bits per heavy atom. The van der Waals surface area contributed by atoms with Crippen LogP contribution in [0.3, 0.4) is 0 Å². The van der Waals surface area contributed by atoms with Crippen LogP contribution in [0.15, 0.2) is 0 Å². The van der Waals surface area contributed by atoms with Gasteiger partial charge in [-0.2, -0.15) is 11.8 Å². The lowest BCUT2D eigenvalue weighted by molar-refractivity contribution is 0.0951. The lowest BCUT2D eigenvalue weighted by atomic mass is 9.93. The molecule has 0 spiro atoms. The van der Waals surface area contributed by atoms with Gasteiger partial charge in [-0.1, -0.05) is 11.3 Å². The van der Waals surface area contributed by atoms with Crippen LogP contribution in [0.4, 0.5) is 10.9 Å². The Balaban J connectivity index is 1.53. The summed E-state index contributed by atoms with van der Waals surface area (Å²) in [6, 6.07) is 0.506. The van der Waals surface area contributed by atoms with Crippen LogP contribution in [0.1, 0.15) is 41.8 Å². The summed E-state index contributed by atoms with van der Waals surface area (Å²) in [4.78, 5) is 17.0. The molecule has 0 atom stereocenters. The highest BCUT2D eigenvalue weighted by molar-refractivity contribution is 7.99. The number of nitrogens with zero attached hydrogens (tertiary/aromatic N) is 1. The molecule has 0 unspecified atom stereocenters. The van der Waals surface area contributed by atoms with Crippen molar-refractivity contribution in [3.63, 3.8) is 0 Å². The van der Waals surface area contributed by atoms with Crippen LogP contribution in [0.25, 0.3) is 0 Å². The maximum atomic E-state index is 12.2. The standard InChI is InChI=1S/C14H22N4OS2/c15-12-11(21-14(18-12)17-10-2-1-3-10)13(19)16-8-9-4-6-20-7-5-9/h9-10H,1-8,15H2,(H,16,19)(H,17,18). The third-order valence-electron chi connectivity index (χ3n) is 4.18. The van der Waals surface area contributed by atoms with E-state index in [0.717, 1.165) is 11.7 Å². The number of aromatic nitrogens is 1. The van der Waals surface area contributed by atoms with Crippen molar-refractivity contribution in [2.24, 2.45) is 5.92 Å². The van der Waals surface area contributed by atoms with Crippen LogP contribution in [0.2, 0.25) is 0 Å². The number of nitrogens with two attached hydrogens (primary N) is 1.